The number of ether oxygens (including phenoxy) is 3. The molecule has 0 aromatic rings. The molecule has 0 heterocycles. The van der Waals surface area contributed by atoms with Crippen LogP contribution in [0.15, 0.2) is 0 Å². The maximum Gasteiger partial charge on any atom is 0.293 e. The van der Waals surface area contributed by atoms with Gasteiger partial charge in [-0.2, -0.15) is 0 Å². The smallest absolute Gasteiger partial charge is 0.293 e. The highest BCUT2D eigenvalue weighted by atomic mass is 127. The molecule has 0 aromatic carbocycles. The number of carbonyl (C=O) groups excluding carboxylic acids is 3. The van der Waals surface area contributed by atoms with Crippen molar-refractivity contribution in [1.82, 2.24) is 0 Å². The van der Waals surface area contributed by atoms with Gasteiger partial charge < -0.3 is 14.2 Å². The molecule has 7 heteroatoms. The van der Waals surface area contributed by atoms with Crippen LogP contribution in [0.5, 0.6) is 0 Å². The average molecular weight is 574 g/mol. The molecule has 0 radical (unpaired) electrons. The van der Waals surface area contributed by atoms with Crippen LogP contribution >= 0.6 is 22.6 Å². The molecule has 0 aliphatic heterocycles. The lowest BCUT2D eigenvalue weighted by atomic mass is 9.43. The van der Waals surface area contributed by atoms with Gasteiger partial charge in [-0.25, -0.2) is 0 Å². The summed E-state index contributed by atoms with van der Waals surface area (Å²) in [5, 5.41) is 0. The predicted molar refractivity (Wildman–Crippen MR) is 131 cm³/mol. The number of rotatable bonds is 9. The van der Waals surface area contributed by atoms with E-state index in [1.54, 1.807) is 0 Å². The average Bonchev–Trinajstić information content (AvgIpc) is 3.14. The molecule has 0 amide bonds. The lowest BCUT2D eigenvalue weighted by molar-refractivity contribution is -0.218. The van der Waals surface area contributed by atoms with E-state index < -0.39 is 0 Å². The molecule has 33 heavy (non-hydrogen) atoms. The Morgan fingerprint density at radius 3 is 2.33 bits per heavy atom. The van der Waals surface area contributed by atoms with E-state index in [2.05, 4.69) is 43.4 Å². The first-order valence-electron chi connectivity index (χ1n) is 12.7. The van der Waals surface area contributed by atoms with Gasteiger partial charge in [0.25, 0.3) is 19.4 Å². The lowest BCUT2D eigenvalue weighted by Crippen LogP contribution is -2.63. The zero-order chi connectivity index (χ0) is 23.8. The van der Waals surface area contributed by atoms with Crippen LogP contribution in [0.4, 0.5) is 0 Å². The van der Waals surface area contributed by atoms with E-state index in [9.17, 15) is 14.4 Å². The first-order valence-corrected chi connectivity index (χ1v) is 14.2. The molecular formula is C26H39IO6. The molecule has 6 nitrogen and oxygen atoms in total. The summed E-state index contributed by atoms with van der Waals surface area (Å²) in [7, 11) is 0. The first-order chi connectivity index (χ1) is 15.8. The van der Waals surface area contributed by atoms with Crippen molar-refractivity contribution >= 4 is 42.0 Å². The fourth-order valence-corrected chi connectivity index (χ4v) is 10.1. The third-order valence-corrected chi connectivity index (χ3v) is 11.3. The Bertz CT molecular complexity index is 732. The molecule has 11 atom stereocenters. The SMILES string of the molecule is C[C@H](CCI)[C@H]1CC[C@H]2[C@@H]3[C@H](OC=O)C[C@@H]4C[C@H](OC=O)CC[C@]4(C)[C@H]3C[C@H](OC=O)[C@]12C. The zero-order valence-electron chi connectivity index (χ0n) is 20.1. The van der Waals surface area contributed by atoms with Crippen molar-refractivity contribution in [2.45, 2.75) is 90.4 Å². The highest BCUT2D eigenvalue weighted by molar-refractivity contribution is 14.1. The van der Waals surface area contributed by atoms with Crippen LogP contribution in [-0.2, 0) is 28.6 Å². The summed E-state index contributed by atoms with van der Waals surface area (Å²) in [4.78, 5) is 34.2. The fourth-order valence-electron chi connectivity index (χ4n) is 9.12. The van der Waals surface area contributed by atoms with Crippen LogP contribution in [-0.4, -0.2) is 42.2 Å². The number of hydrogen-bond acceptors (Lipinski definition) is 6. The summed E-state index contributed by atoms with van der Waals surface area (Å²) in [5.41, 5.74) is -0.0350. The molecule has 0 N–H and O–H groups in total. The second-order valence-corrected chi connectivity index (χ2v) is 12.7. The molecule has 0 spiro atoms. The van der Waals surface area contributed by atoms with Crippen molar-refractivity contribution in [1.29, 1.82) is 0 Å². The van der Waals surface area contributed by atoms with E-state index in [1.807, 2.05) is 0 Å². The van der Waals surface area contributed by atoms with E-state index in [-0.39, 0.29) is 35.1 Å². The van der Waals surface area contributed by atoms with Crippen LogP contribution in [0.2, 0.25) is 0 Å². The third kappa shape index (κ3) is 4.12. The van der Waals surface area contributed by atoms with E-state index in [0.29, 0.717) is 49.0 Å². The predicted octanol–water partition coefficient (Wildman–Crippen LogP) is 4.95. The molecule has 4 saturated carbocycles. The minimum Gasteiger partial charge on any atom is -0.465 e. The maximum atomic E-state index is 11.7. The summed E-state index contributed by atoms with van der Waals surface area (Å²) >= 11 is 2.46. The molecular weight excluding hydrogens is 535 g/mol. The Balaban J connectivity index is 1.71. The third-order valence-electron chi connectivity index (χ3n) is 10.7. The van der Waals surface area contributed by atoms with Crippen LogP contribution in [0, 0.1) is 46.3 Å². The molecule has 186 valence electrons. The Hall–Kier alpha value is -0.860. The van der Waals surface area contributed by atoms with Crippen molar-refractivity contribution in [2.75, 3.05) is 4.43 Å². The summed E-state index contributed by atoms with van der Waals surface area (Å²) in [6.45, 7) is 8.94. The minimum atomic E-state index is -0.124. The topological polar surface area (TPSA) is 78.9 Å². The normalized spacial score (nSPS) is 47.3. The molecule has 4 rings (SSSR count). The van der Waals surface area contributed by atoms with Crippen molar-refractivity contribution in [2.24, 2.45) is 46.3 Å². The molecule has 0 unspecified atom stereocenters. The monoisotopic (exact) mass is 574 g/mol. The van der Waals surface area contributed by atoms with Gasteiger partial charge in [0, 0.05) is 11.3 Å². The number of hydrogen-bond donors (Lipinski definition) is 0. The minimum absolute atomic E-state index is 0.0603. The van der Waals surface area contributed by atoms with Gasteiger partial charge in [-0.1, -0.05) is 43.4 Å². The van der Waals surface area contributed by atoms with E-state index in [1.165, 1.54) is 6.42 Å². The molecule has 0 bridgehead atoms. The summed E-state index contributed by atoms with van der Waals surface area (Å²) < 4.78 is 18.2. The van der Waals surface area contributed by atoms with Gasteiger partial charge in [-0.15, -0.1) is 0 Å². The van der Waals surface area contributed by atoms with Crippen LogP contribution in [0.1, 0.15) is 72.1 Å². The largest absolute Gasteiger partial charge is 0.465 e. The van der Waals surface area contributed by atoms with Crippen molar-refractivity contribution < 1.29 is 28.6 Å². The lowest BCUT2D eigenvalue weighted by Gasteiger charge is -2.64. The fraction of sp³-hybridized carbons (Fsp3) is 0.885. The Morgan fingerprint density at radius 2 is 1.67 bits per heavy atom. The second-order valence-electron chi connectivity index (χ2n) is 11.6. The molecule has 4 aliphatic rings. The van der Waals surface area contributed by atoms with Crippen LogP contribution < -0.4 is 0 Å². The van der Waals surface area contributed by atoms with Crippen LogP contribution in [0.25, 0.3) is 0 Å². The van der Waals surface area contributed by atoms with Gasteiger partial charge in [0.2, 0.25) is 0 Å². The van der Waals surface area contributed by atoms with Gasteiger partial charge in [0.15, 0.2) is 0 Å². The number of alkyl halides is 1. The Morgan fingerprint density at radius 1 is 0.939 bits per heavy atom. The van der Waals surface area contributed by atoms with Crippen LogP contribution in [0.3, 0.4) is 0 Å². The quantitative estimate of drug-likeness (QED) is 0.168. The highest BCUT2D eigenvalue weighted by Gasteiger charge is 2.67. The van der Waals surface area contributed by atoms with Gasteiger partial charge in [-0.05, 0) is 90.8 Å². The summed E-state index contributed by atoms with van der Waals surface area (Å²) in [5.74, 6) is 2.36. The standard InChI is InChI=1S/C26H39IO6/c1-16(7-9-27)19-4-5-20-24-21(12-23(33-15-30)26(19,20)3)25(2)8-6-18(31-13-28)10-17(25)11-22(24)32-14-29/h13-24H,4-12H2,1-3H3/t16-,17+,18-,19-,20+,21+,22-,23+,24+,25+,26-/m1/s1. The van der Waals surface area contributed by atoms with Gasteiger partial charge in [0.1, 0.15) is 18.3 Å². The summed E-state index contributed by atoms with van der Waals surface area (Å²) in [6.07, 6.45) is 7.44. The summed E-state index contributed by atoms with van der Waals surface area (Å²) in [6, 6.07) is 0. The van der Waals surface area contributed by atoms with Gasteiger partial charge in [0.05, 0.1) is 0 Å². The maximum absolute atomic E-state index is 11.7. The van der Waals surface area contributed by atoms with E-state index in [4.69, 9.17) is 14.2 Å². The van der Waals surface area contributed by atoms with Crippen molar-refractivity contribution in [3.05, 3.63) is 0 Å². The number of fused-ring (bicyclic) bond motifs is 5. The molecule has 0 aromatic heterocycles. The van der Waals surface area contributed by atoms with E-state index >= 15 is 0 Å². The van der Waals surface area contributed by atoms with E-state index in [0.717, 1.165) is 49.4 Å². The van der Waals surface area contributed by atoms with Gasteiger partial charge in [-0.3, -0.25) is 14.4 Å². The Labute approximate surface area is 211 Å². The van der Waals surface area contributed by atoms with Gasteiger partial charge >= 0.3 is 0 Å². The highest BCUT2D eigenvalue weighted by Crippen LogP contribution is 2.69. The number of carbonyl (C=O) groups is 3. The zero-order valence-corrected chi connectivity index (χ0v) is 22.3. The second kappa shape index (κ2) is 10.0. The van der Waals surface area contributed by atoms with Crippen molar-refractivity contribution in [3.8, 4) is 0 Å². The number of halogens is 1. The first kappa shape index (κ1) is 25.2. The van der Waals surface area contributed by atoms with Crippen molar-refractivity contribution in [3.63, 3.8) is 0 Å². The Kier molecular flexibility index (Phi) is 7.66. The molecule has 0 saturated heterocycles. The molecule has 4 aliphatic carbocycles. The molecule has 4 fully saturated rings.